The maximum absolute atomic E-state index is 13.7. The Hall–Kier alpha value is -1.13. The summed E-state index contributed by atoms with van der Waals surface area (Å²) in [6, 6.07) is 4.53. The molecule has 2 N–H and O–H groups in total. The Morgan fingerprint density at radius 1 is 1.44 bits per heavy atom. The summed E-state index contributed by atoms with van der Waals surface area (Å²) in [4.78, 5) is 11.3. The molecule has 0 amide bonds. The van der Waals surface area contributed by atoms with Crippen LogP contribution in [0.15, 0.2) is 18.2 Å². The Bertz CT molecular complexity index is 412. The number of rotatable bonds is 4. The van der Waals surface area contributed by atoms with Gasteiger partial charge in [0.25, 0.3) is 0 Å². The number of alkyl halides is 1. The van der Waals surface area contributed by atoms with Crippen molar-refractivity contribution in [2.24, 2.45) is 5.73 Å². The lowest BCUT2D eigenvalue weighted by Crippen LogP contribution is -2.32. The molecule has 0 fully saturated rings. The summed E-state index contributed by atoms with van der Waals surface area (Å²) in [6.07, 6.45) is -1.82. The fourth-order valence-corrected chi connectivity index (χ4v) is 1.73. The van der Waals surface area contributed by atoms with E-state index < -0.39 is 18.2 Å². The van der Waals surface area contributed by atoms with Crippen LogP contribution in [0, 0.1) is 13.8 Å². The molecule has 0 saturated heterocycles. The third kappa shape index (κ3) is 3.96. The molecule has 0 bridgehead atoms. The predicted molar refractivity (Wildman–Crippen MR) is 71.6 cm³/mol. The summed E-state index contributed by atoms with van der Waals surface area (Å²) in [5, 5.41) is 0. The molecule has 102 valence electrons. The van der Waals surface area contributed by atoms with Crippen molar-refractivity contribution in [2.45, 2.75) is 33.0 Å². The number of hydrogen-bond acceptors (Lipinski definition) is 3. The molecule has 0 radical (unpaired) electrons. The molecule has 0 saturated carbocycles. The van der Waals surface area contributed by atoms with Gasteiger partial charge in [0.15, 0.2) is 0 Å². The number of ether oxygens (including phenoxy) is 1. The SMILES string of the molecule is CCOC(=O)C(F)[C@H](N)c1ccc(C)cc1C.Cl. The molecule has 0 spiro atoms. The van der Waals surface area contributed by atoms with Gasteiger partial charge in [0, 0.05) is 0 Å². The van der Waals surface area contributed by atoms with Crippen LogP contribution in [0.25, 0.3) is 0 Å². The molecular weight excluding hydrogens is 257 g/mol. The predicted octanol–water partition coefficient (Wildman–Crippen LogP) is 2.63. The van der Waals surface area contributed by atoms with Crippen LogP contribution in [-0.4, -0.2) is 18.7 Å². The average Bonchev–Trinajstić information content (AvgIpc) is 2.27. The molecule has 1 rings (SSSR count). The zero-order chi connectivity index (χ0) is 13.0. The van der Waals surface area contributed by atoms with Crippen LogP contribution in [0.5, 0.6) is 0 Å². The quantitative estimate of drug-likeness (QED) is 0.860. The minimum absolute atomic E-state index is 0. The average molecular weight is 276 g/mol. The van der Waals surface area contributed by atoms with Gasteiger partial charge in [0.2, 0.25) is 6.17 Å². The van der Waals surface area contributed by atoms with Crippen molar-refractivity contribution in [3.63, 3.8) is 0 Å². The number of hydrogen-bond donors (Lipinski definition) is 1. The summed E-state index contributed by atoms with van der Waals surface area (Å²) in [5.41, 5.74) is 8.33. The fraction of sp³-hybridized carbons (Fsp3) is 0.462. The largest absolute Gasteiger partial charge is 0.464 e. The van der Waals surface area contributed by atoms with Gasteiger partial charge in [-0.2, -0.15) is 0 Å². The van der Waals surface area contributed by atoms with Crippen molar-refractivity contribution in [3.8, 4) is 0 Å². The first-order chi connectivity index (χ1) is 7.97. The van der Waals surface area contributed by atoms with Gasteiger partial charge < -0.3 is 10.5 Å². The van der Waals surface area contributed by atoms with E-state index in [1.54, 1.807) is 13.0 Å². The van der Waals surface area contributed by atoms with Gasteiger partial charge in [0.1, 0.15) is 0 Å². The van der Waals surface area contributed by atoms with Gasteiger partial charge in [-0.05, 0) is 31.9 Å². The molecule has 2 atom stereocenters. The summed E-state index contributed by atoms with van der Waals surface area (Å²) in [5.74, 6) is -0.903. The van der Waals surface area contributed by atoms with E-state index in [-0.39, 0.29) is 19.0 Å². The monoisotopic (exact) mass is 275 g/mol. The molecule has 1 unspecified atom stereocenters. The minimum atomic E-state index is -1.82. The molecule has 0 aliphatic rings. The van der Waals surface area contributed by atoms with Crippen LogP contribution >= 0.6 is 12.4 Å². The standard InChI is InChI=1S/C13H18FNO2.ClH/c1-4-17-13(16)11(14)12(15)10-6-5-8(2)7-9(10)3;/h5-7,11-12H,4,15H2,1-3H3;1H/t11?,12-;/m1./s1. The Labute approximate surface area is 113 Å². The van der Waals surface area contributed by atoms with E-state index in [1.807, 2.05) is 26.0 Å². The smallest absolute Gasteiger partial charge is 0.342 e. The summed E-state index contributed by atoms with van der Waals surface area (Å²) < 4.78 is 18.4. The second-order valence-electron chi connectivity index (χ2n) is 4.04. The van der Waals surface area contributed by atoms with E-state index in [0.717, 1.165) is 11.1 Å². The van der Waals surface area contributed by atoms with Crippen molar-refractivity contribution < 1.29 is 13.9 Å². The Kier molecular flexibility index (Phi) is 6.88. The maximum atomic E-state index is 13.7. The maximum Gasteiger partial charge on any atom is 0.342 e. The van der Waals surface area contributed by atoms with Gasteiger partial charge in [-0.15, -0.1) is 12.4 Å². The number of carbonyl (C=O) groups is 1. The van der Waals surface area contributed by atoms with Crippen molar-refractivity contribution in [3.05, 3.63) is 34.9 Å². The lowest BCUT2D eigenvalue weighted by atomic mass is 9.97. The van der Waals surface area contributed by atoms with Crippen LogP contribution < -0.4 is 5.73 Å². The molecule has 5 heteroatoms. The fourth-order valence-electron chi connectivity index (χ4n) is 1.73. The molecule has 0 heterocycles. The highest BCUT2D eigenvalue weighted by atomic mass is 35.5. The van der Waals surface area contributed by atoms with Gasteiger partial charge in [-0.3, -0.25) is 0 Å². The van der Waals surface area contributed by atoms with E-state index in [4.69, 9.17) is 5.73 Å². The van der Waals surface area contributed by atoms with Crippen LogP contribution in [-0.2, 0) is 9.53 Å². The summed E-state index contributed by atoms with van der Waals surface area (Å²) in [6.45, 7) is 5.58. The van der Waals surface area contributed by atoms with Crippen LogP contribution in [0.4, 0.5) is 4.39 Å². The molecule has 0 aliphatic carbocycles. The number of esters is 1. The van der Waals surface area contributed by atoms with Crippen LogP contribution in [0.3, 0.4) is 0 Å². The highest BCUT2D eigenvalue weighted by Crippen LogP contribution is 2.22. The van der Waals surface area contributed by atoms with Gasteiger partial charge >= 0.3 is 5.97 Å². The Morgan fingerprint density at radius 3 is 2.56 bits per heavy atom. The first kappa shape index (κ1) is 16.9. The normalized spacial score (nSPS) is 13.4. The zero-order valence-corrected chi connectivity index (χ0v) is 11.6. The molecule has 3 nitrogen and oxygen atoms in total. The molecule has 0 aromatic heterocycles. The second kappa shape index (κ2) is 7.34. The van der Waals surface area contributed by atoms with Crippen LogP contribution in [0.2, 0.25) is 0 Å². The highest BCUT2D eigenvalue weighted by Gasteiger charge is 2.28. The van der Waals surface area contributed by atoms with E-state index in [2.05, 4.69) is 4.74 Å². The molecule has 1 aromatic rings. The minimum Gasteiger partial charge on any atom is -0.464 e. The molecule has 18 heavy (non-hydrogen) atoms. The highest BCUT2D eigenvalue weighted by molar-refractivity contribution is 5.85. The molecular formula is C13H19ClFNO2. The molecule has 0 aliphatic heterocycles. The number of carbonyl (C=O) groups excluding carboxylic acids is 1. The lowest BCUT2D eigenvalue weighted by Gasteiger charge is -2.18. The molecule has 1 aromatic carbocycles. The van der Waals surface area contributed by atoms with Gasteiger partial charge in [0.05, 0.1) is 12.6 Å². The van der Waals surface area contributed by atoms with Gasteiger partial charge in [-0.25, -0.2) is 9.18 Å². The van der Waals surface area contributed by atoms with E-state index in [9.17, 15) is 9.18 Å². The number of aryl methyl sites for hydroxylation is 2. The topological polar surface area (TPSA) is 52.3 Å². The number of nitrogens with two attached hydrogens (primary N) is 1. The lowest BCUT2D eigenvalue weighted by molar-refractivity contribution is -0.149. The second-order valence-corrected chi connectivity index (χ2v) is 4.04. The van der Waals surface area contributed by atoms with Crippen LogP contribution in [0.1, 0.15) is 29.7 Å². The van der Waals surface area contributed by atoms with E-state index >= 15 is 0 Å². The zero-order valence-electron chi connectivity index (χ0n) is 10.8. The number of benzene rings is 1. The van der Waals surface area contributed by atoms with Crippen molar-refractivity contribution in [1.82, 2.24) is 0 Å². The number of halogens is 2. The first-order valence-electron chi connectivity index (χ1n) is 5.60. The van der Waals surface area contributed by atoms with Gasteiger partial charge in [-0.1, -0.05) is 23.8 Å². The Balaban J connectivity index is 0.00000289. The van der Waals surface area contributed by atoms with Crippen molar-refractivity contribution in [2.75, 3.05) is 6.61 Å². The van der Waals surface area contributed by atoms with Crippen molar-refractivity contribution in [1.29, 1.82) is 0 Å². The third-order valence-corrected chi connectivity index (χ3v) is 2.61. The van der Waals surface area contributed by atoms with E-state index in [1.165, 1.54) is 0 Å². The third-order valence-electron chi connectivity index (χ3n) is 2.61. The summed E-state index contributed by atoms with van der Waals surface area (Å²) >= 11 is 0. The van der Waals surface area contributed by atoms with E-state index in [0.29, 0.717) is 5.56 Å². The Morgan fingerprint density at radius 2 is 2.06 bits per heavy atom. The van der Waals surface area contributed by atoms with Crippen molar-refractivity contribution >= 4 is 18.4 Å². The summed E-state index contributed by atoms with van der Waals surface area (Å²) in [7, 11) is 0. The first-order valence-corrected chi connectivity index (χ1v) is 5.60.